The van der Waals surface area contributed by atoms with Crippen LogP contribution in [0.25, 0.3) is 0 Å². The van der Waals surface area contributed by atoms with Crippen molar-refractivity contribution in [3.63, 3.8) is 0 Å². The Balaban J connectivity index is 1.37. The predicted octanol–water partition coefficient (Wildman–Crippen LogP) is 4.32. The number of methoxy groups -OCH3 is 1. The number of benzene rings is 2. The van der Waals surface area contributed by atoms with Crippen molar-refractivity contribution in [2.24, 2.45) is 0 Å². The van der Waals surface area contributed by atoms with Crippen molar-refractivity contribution in [1.82, 2.24) is 4.90 Å². The lowest BCUT2D eigenvalue weighted by Gasteiger charge is -2.38. The summed E-state index contributed by atoms with van der Waals surface area (Å²) in [6.45, 7) is 4.04. The largest absolute Gasteiger partial charge is 0.490 e. The standard InChI is InChI=1S/C25H32N2O5/c1-30-14-5-12-26-13-15-31-24-11-8-19(16-23(24)26)18-32-21-9-10-22(27(17-21)25(28)29)20-6-3-2-4-7-20/h2-4,6-8,11,16,21-22H,5,9-10,12-15,17-18H2,1H3,(H,28,29). The van der Waals surface area contributed by atoms with Crippen molar-refractivity contribution >= 4 is 11.8 Å². The molecule has 7 nitrogen and oxygen atoms in total. The van der Waals surface area contributed by atoms with Gasteiger partial charge in [0.05, 0.1) is 37.5 Å². The lowest BCUT2D eigenvalue weighted by Crippen LogP contribution is -2.44. The first-order chi connectivity index (χ1) is 15.7. The average molecular weight is 441 g/mol. The van der Waals surface area contributed by atoms with Gasteiger partial charge in [0.25, 0.3) is 0 Å². The summed E-state index contributed by atoms with van der Waals surface area (Å²) in [4.78, 5) is 15.8. The minimum Gasteiger partial charge on any atom is -0.490 e. The maximum absolute atomic E-state index is 11.9. The highest BCUT2D eigenvalue weighted by Gasteiger charge is 2.33. The smallest absolute Gasteiger partial charge is 0.407 e. The second-order valence-corrected chi connectivity index (χ2v) is 8.36. The van der Waals surface area contributed by atoms with Gasteiger partial charge < -0.3 is 24.2 Å². The number of likely N-dealkylation sites (tertiary alicyclic amines) is 1. The minimum absolute atomic E-state index is 0.115. The van der Waals surface area contributed by atoms with Gasteiger partial charge in [0, 0.05) is 20.3 Å². The number of fused-ring (bicyclic) bond motifs is 1. The summed E-state index contributed by atoms with van der Waals surface area (Å²) in [5.74, 6) is 0.901. The lowest BCUT2D eigenvalue weighted by molar-refractivity contribution is -0.0229. The van der Waals surface area contributed by atoms with E-state index < -0.39 is 6.09 Å². The van der Waals surface area contributed by atoms with Gasteiger partial charge in [0.15, 0.2) is 0 Å². The average Bonchev–Trinajstić information content (AvgIpc) is 2.83. The van der Waals surface area contributed by atoms with Crippen LogP contribution in [-0.4, -0.2) is 62.2 Å². The predicted molar refractivity (Wildman–Crippen MR) is 122 cm³/mol. The van der Waals surface area contributed by atoms with Crippen LogP contribution in [0.3, 0.4) is 0 Å². The highest BCUT2D eigenvalue weighted by molar-refractivity contribution is 5.66. The molecular formula is C25H32N2O5. The zero-order valence-electron chi connectivity index (χ0n) is 18.6. The fourth-order valence-corrected chi connectivity index (χ4v) is 4.56. The first kappa shape index (κ1) is 22.4. The Morgan fingerprint density at radius 3 is 2.81 bits per heavy atom. The van der Waals surface area contributed by atoms with E-state index in [1.165, 1.54) is 4.90 Å². The first-order valence-corrected chi connectivity index (χ1v) is 11.3. The van der Waals surface area contributed by atoms with E-state index in [0.29, 0.717) is 19.8 Å². The Labute approximate surface area is 189 Å². The molecule has 2 aliphatic heterocycles. The zero-order chi connectivity index (χ0) is 22.3. The number of carbonyl (C=O) groups is 1. The third kappa shape index (κ3) is 5.34. The third-order valence-corrected chi connectivity index (χ3v) is 6.21. The van der Waals surface area contributed by atoms with E-state index in [2.05, 4.69) is 11.0 Å². The number of hydrogen-bond acceptors (Lipinski definition) is 5. The van der Waals surface area contributed by atoms with Gasteiger partial charge in [-0.1, -0.05) is 36.4 Å². The molecule has 2 atom stereocenters. The molecule has 1 amide bonds. The van der Waals surface area contributed by atoms with Crippen LogP contribution in [0.15, 0.2) is 48.5 Å². The van der Waals surface area contributed by atoms with Crippen molar-refractivity contribution in [2.75, 3.05) is 44.9 Å². The maximum Gasteiger partial charge on any atom is 0.407 e. The van der Waals surface area contributed by atoms with Gasteiger partial charge in [-0.15, -0.1) is 0 Å². The van der Waals surface area contributed by atoms with Crippen molar-refractivity contribution in [1.29, 1.82) is 0 Å². The first-order valence-electron chi connectivity index (χ1n) is 11.3. The van der Waals surface area contributed by atoms with Crippen LogP contribution in [0, 0.1) is 0 Å². The summed E-state index contributed by atoms with van der Waals surface area (Å²) in [5.41, 5.74) is 3.20. The van der Waals surface area contributed by atoms with Crippen LogP contribution < -0.4 is 9.64 Å². The number of anilines is 1. The Morgan fingerprint density at radius 2 is 2.03 bits per heavy atom. The fraction of sp³-hybridized carbons (Fsp3) is 0.480. The molecule has 1 N–H and O–H groups in total. The molecule has 2 aliphatic rings. The highest BCUT2D eigenvalue weighted by atomic mass is 16.5. The number of amides is 1. The molecule has 2 aromatic carbocycles. The molecule has 0 saturated carbocycles. The van der Waals surface area contributed by atoms with E-state index >= 15 is 0 Å². The minimum atomic E-state index is -0.898. The van der Waals surface area contributed by atoms with E-state index in [9.17, 15) is 9.90 Å². The normalized spacial score (nSPS) is 20.5. The van der Waals surface area contributed by atoms with Crippen LogP contribution in [-0.2, 0) is 16.1 Å². The molecule has 0 spiro atoms. The summed E-state index contributed by atoms with van der Waals surface area (Å²) < 4.78 is 17.2. The van der Waals surface area contributed by atoms with Crippen molar-refractivity contribution in [3.8, 4) is 5.75 Å². The molecule has 2 aromatic rings. The molecule has 0 aliphatic carbocycles. The molecule has 2 unspecified atom stereocenters. The second-order valence-electron chi connectivity index (χ2n) is 8.36. The van der Waals surface area contributed by atoms with Gasteiger partial charge in [-0.25, -0.2) is 4.79 Å². The van der Waals surface area contributed by atoms with E-state index in [0.717, 1.165) is 61.5 Å². The number of ether oxygens (including phenoxy) is 3. The topological polar surface area (TPSA) is 71.5 Å². The summed E-state index contributed by atoms with van der Waals surface area (Å²) in [5, 5.41) is 9.77. The van der Waals surface area contributed by atoms with E-state index in [1.807, 2.05) is 42.5 Å². The molecule has 7 heteroatoms. The Kier molecular flexibility index (Phi) is 7.50. The highest BCUT2D eigenvalue weighted by Crippen LogP contribution is 2.34. The van der Waals surface area contributed by atoms with Crippen LogP contribution in [0.4, 0.5) is 10.5 Å². The third-order valence-electron chi connectivity index (χ3n) is 6.21. The molecule has 2 heterocycles. The molecule has 0 radical (unpaired) electrons. The van der Waals surface area contributed by atoms with E-state index in [4.69, 9.17) is 14.2 Å². The van der Waals surface area contributed by atoms with Crippen LogP contribution in [0.5, 0.6) is 5.75 Å². The molecular weight excluding hydrogens is 408 g/mol. The molecule has 32 heavy (non-hydrogen) atoms. The summed E-state index contributed by atoms with van der Waals surface area (Å²) in [6.07, 6.45) is 1.54. The number of hydrogen-bond donors (Lipinski definition) is 1. The number of piperidine rings is 1. The van der Waals surface area contributed by atoms with Gasteiger partial charge in [-0.05, 0) is 42.5 Å². The molecule has 172 valence electrons. The molecule has 4 rings (SSSR count). The lowest BCUT2D eigenvalue weighted by atomic mass is 9.94. The second kappa shape index (κ2) is 10.7. The number of rotatable bonds is 8. The molecule has 1 saturated heterocycles. The van der Waals surface area contributed by atoms with E-state index in [-0.39, 0.29) is 12.1 Å². The summed E-state index contributed by atoms with van der Waals surface area (Å²) in [6, 6.07) is 15.9. The monoisotopic (exact) mass is 440 g/mol. The Hall–Kier alpha value is -2.77. The van der Waals surface area contributed by atoms with Gasteiger partial charge >= 0.3 is 6.09 Å². The SMILES string of the molecule is COCCCN1CCOc2ccc(COC3CCC(c4ccccc4)N(C(=O)O)C3)cc21. The quantitative estimate of drug-likeness (QED) is 0.617. The van der Waals surface area contributed by atoms with Gasteiger partial charge in [-0.2, -0.15) is 0 Å². The summed E-state index contributed by atoms with van der Waals surface area (Å²) in [7, 11) is 1.72. The number of carboxylic acid groups (broad SMARTS) is 1. The van der Waals surface area contributed by atoms with Gasteiger partial charge in [0.1, 0.15) is 12.4 Å². The number of nitrogens with zero attached hydrogens (tertiary/aromatic N) is 2. The van der Waals surface area contributed by atoms with Crippen molar-refractivity contribution in [3.05, 3.63) is 59.7 Å². The van der Waals surface area contributed by atoms with Crippen molar-refractivity contribution in [2.45, 2.75) is 38.0 Å². The molecule has 0 aromatic heterocycles. The summed E-state index contributed by atoms with van der Waals surface area (Å²) >= 11 is 0. The molecule has 1 fully saturated rings. The zero-order valence-corrected chi connectivity index (χ0v) is 18.6. The van der Waals surface area contributed by atoms with Crippen molar-refractivity contribution < 1.29 is 24.1 Å². The fourth-order valence-electron chi connectivity index (χ4n) is 4.56. The van der Waals surface area contributed by atoms with Crippen LogP contribution in [0.2, 0.25) is 0 Å². The van der Waals surface area contributed by atoms with Gasteiger partial charge in [-0.3, -0.25) is 4.90 Å². The van der Waals surface area contributed by atoms with Gasteiger partial charge in [0.2, 0.25) is 0 Å². The van der Waals surface area contributed by atoms with Crippen LogP contribution >= 0.6 is 0 Å². The Morgan fingerprint density at radius 1 is 1.19 bits per heavy atom. The molecule has 0 bridgehead atoms. The van der Waals surface area contributed by atoms with Crippen LogP contribution in [0.1, 0.15) is 36.4 Å². The Bertz CT molecular complexity index is 891. The maximum atomic E-state index is 11.9. The van der Waals surface area contributed by atoms with E-state index in [1.54, 1.807) is 7.11 Å².